The van der Waals surface area contributed by atoms with E-state index in [1.54, 1.807) is 12.1 Å². The number of para-hydroxylation sites is 1. The molecule has 9 heteroatoms. The van der Waals surface area contributed by atoms with Gasteiger partial charge in [-0.05, 0) is 18.1 Å². The SMILES string of the molecule is CN(C)C(=O)CC(=O)NC1Cc2cccc(C(=O)O)c2OB1O. The average Bonchev–Trinajstić information content (AvgIpc) is 2.47. The molecule has 0 fully saturated rings. The van der Waals surface area contributed by atoms with Crippen molar-refractivity contribution in [2.75, 3.05) is 14.1 Å². The summed E-state index contributed by atoms with van der Waals surface area (Å²) in [6.07, 6.45) is -0.127. The lowest BCUT2D eigenvalue weighted by atomic mass is 9.72. The molecule has 1 aromatic carbocycles. The predicted molar refractivity (Wildman–Crippen MR) is 80.9 cm³/mol. The van der Waals surface area contributed by atoms with E-state index in [9.17, 15) is 19.4 Å². The van der Waals surface area contributed by atoms with Crippen molar-refractivity contribution in [3.63, 3.8) is 0 Å². The van der Waals surface area contributed by atoms with Gasteiger partial charge in [0.05, 0.1) is 11.5 Å². The van der Waals surface area contributed by atoms with Crippen LogP contribution in [0.2, 0.25) is 0 Å². The molecule has 1 aliphatic heterocycles. The first-order valence-corrected chi connectivity index (χ1v) is 6.99. The minimum Gasteiger partial charge on any atom is -0.534 e. The number of rotatable bonds is 4. The standard InChI is InChI=1S/C14H17BN2O6/c1-17(2)12(19)7-11(18)16-10-6-8-4-3-5-9(14(20)21)13(8)23-15(10)22/h3-5,10,22H,6-7H2,1-2H3,(H,16,18)(H,20,21). The molecule has 3 N–H and O–H groups in total. The van der Waals surface area contributed by atoms with Crippen LogP contribution < -0.4 is 9.97 Å². The first-order chi connectivity index (χ1) is 10.8. The topological polar surface area (TPSA) is 116 Å². The Kier molecular flexibility index (Phi) is 4.90. The van der Waals surface area contributed by atoms with E-state index in [1.807, 2.05) is 0 Å². The molecule has 1 aliphatic rings. The van der Waals surface area contributed by atoms with Crippen molar-refractivity contribution in [3.8, 4) is 5.75 Å². The smallest absolute Gasteiger partial charge is 0.534 e. The molecule has 2 rings (SSSR count). The van der Waals surface area contributed by atoms with Crippen LogP contribution in [0.25, 0.3) is 0 Å². The lowest BCUT2D eigenvalue weighted by molar-refractivity contribution is -0.134. The zero-order valence-corrected chi connectivity index (χ0v) is 12.8. The normalized spacial score (nSPS) is 16.1. The molecule has 0 saturated carbocycles. The number of fused-ring (bicyclic) bond motifs is 1. The third kappa shape index (κ3) is 3.81. The Morgan fingerprint density at radius 1 is 1.39 bits per heavy atom. The van der Waals surface area contributed by atoms with Gasteiger partial charge in [0.2, 0.25) is 11.8 Å². The van der Waals surface area contributed by atoms with Gasteiger partial charge < -0.3 is 25.0 Å². The minimum absolute atomic E-state index is 0.0471. The van der Waals surface area contributed by atoms with Crippen molar-refractivity contribution < 1.29 is 29.2 Å². The van der Waals surface area contributed by atoms with Crippen molar-refractivity contribution in [2.24, 2.45) is 0 Å². The predicted octanol–water partition coefficient (Wildman–Crippen LogP) is -0.697. The van der Waals surface area contributed by atoms with Gasteiger partial charge in [-0.25, -0.2) is 4.79 Å². The van der Waals surface area contributed by atoms with Crippen molar-refractivity contribution in [3.05, 3.63) is 29.3 Å². The highest BCUT2D eigenvalue weighted by molar-refractivity contribution is 6.47. The fourth-order valence-corrected chi connectivity index (χ4v) is 2.27. The Morgan fingerprint density at radius 2 is 2.09 bits per heavy atom. The van der Waals surface area contributed by atoms with E-state index in [0.29, 0.717) is 5.56 Å². The van der Waals surface area contributed by atoms with Crippen molar-refractivity contribution >= 4 is 24.9 Å². The van der Waals surface area contributed by atoms with E-state index in [0.717, 1.165) is 0 Å². The highest BCUT2D eigenvalue weighted by Gasteiger charge is 2.37. The molecule has 0 aromatic heterocycles. The monoisotopic (exact) mass is 320 g/mol. The van der Waals surface area contributed by atoms with Crippen molar-refractivity contribution in [1.82, 2.24) is 10.2 Å². The van der Waals surface area contributed by atoms with Gasteiger partial charge in [0.1, 0.15) is 12.2 Å². The molecule has 0 aliphatic carbocycles. The maximum atomic E-state index is 11.8. The molecule has 1 unspecified atom stereocenters. The molecule has 8 nitrogen and oxygen atoms in total. The molecule has 23 heavy (non-hydrogen) atoms. The van der Waals surface area contributed by atoms with Crippen LogP contribution in [0.4, 0.5) is 0 Å². The summed E-state index contributed by atoms with van der Waals surface area (Å²) < 4.78 is 5.25. The molecule has 1 atom stereocenters. The average molecular weight is 320 g/mol. The zero-order chi connectivity index (χ0) is 17.1. The van der Waals surface area contributed by atoms with Gasteiger partial charge in [-0.1, -0.05) is 12.1 Å². The molecular weight excluding hydrogens is 303 g/mol. The van der Waals surface area contributed by atoms with Gasteiger partial charge in [-0.15, -0.1) is 0 Å². The molecule has 0 saturated heterocycles. The van der Waals surface area contributed by atoms with Crippen LogP contribution in [0, 0.1) is 0 Å². The van der Waals surface area contributed by atoms with Crippen LogP contribution >= 0.6 is 0 Å². The summed E-state index contributed by atoms with van der Waals surface area (Å²) in [6, 6.07) is 4.61. The Bertz CT molecular complexity index is 648. The molecular formula is C14H17BN2O6. The number of carbonyl (C=O) groups is 3. The Morgan fingerprint density at radius 3 is 2.70 bits per heavy atom. The summed E-state index contributed by atoms with van der Waals surface area (Å²) in [5.74, 6) is -2.71. The number of benzene rings is 1. The Balaban J connectivity index is 2.10. The summed E-state index contributed by atoms with van der Waals surface area (Å²) in [7, 11) is 1.69. The summed E-state index contributed by atoms with van der Waals surface area (Å²) in [4.78, 5) is 35.8. The van der Waals surface area contributed by atoms with Gasteiger partial charge in [0, 0.05) is 14.1 Å². The van der Waals surface area contributed by atoms with Gasteiger partial charge in [0.15, 0.2) is 0 Å². The highest BCUT2D eigenvalue weighted by Crippen LogP contribution is 2.30. The molecule has 2 amide bonds. The van der Waals surface area contributed by atoms with Gasteiger partial charge in [-0.3, -0.25) is 9.59 Å². The molecule has 0 spiro atoms. The summed E-state index contributed by atoms with van der Waals surface area (Å²) in [6.45, 7) is 0. The number of aromatic carboxylic acids is 1. The zero-order valence-electron chi connectivity index (χ0n) is 12.8. The van der Waals surface area contributed by atoms with E-state index in [2.05, 4.69) is 5.32 Å². The van der Waals surface area contributed by atoms with E-state index in [4.69, 9.17) is 9.76 Å². The summed E-state index contributed by atoms with van der Waals surface area (Å²) in [5.41, 5.74) is 0.522. The largest absolute Gasteiger partial charge is 0.547 e. The van der Waals surface area contributed by atoms with Crippen LogP contribution in [-0.2, 0) is 16.0 Å². The number of carboxylic acids is 1. The van der Waals surface area contributed by atoms with Crippen LogP contribution in [0.3, 0.4) is 0 Å². The van der Waals surface area contributed by atoms with E-state index in [-0.39, 0.29) is 30.1 Å². The second-order valence-electron chi connectivity index (χ2n) is 5.45. The lowest BCUT2D eigenvalue weighted by Gasteiger charge is -2.28. The first kappa shape index (κ1) is 16.8. The number of carbonyl (C=O) groups excluding carboxylic acids is 2. The lowest BCUT2D eigenvalue weighted by Crippen LogP contribution is -2.53. The highest BCUT2D eigenvalue weighted by atomic mass is 16.5. The fraction of sp³-hybridized carbons (Fsp3) is 0.357. The number of nitrogens with zero attached hydrogens (tertiary/aromatic N) is 1. The van der Waals surface area contributed by atoms with Gasteiger partial charge >= 0.3 is 13.1 Å². The van der Waals surface area contributed by atoms with E-state index < -0.39 is 24.9 Å². The van der Waals surface area contributed by atoms with Crippen LogP contribution in [0.1, 0.15) is 22.3 Å². The number of hydrogen-bond acceptors (Lipinski definition) is 5. The summed E-state index contributed by atoms with van der Waals surface area (Å²) >= 11 is 0. The van der Waals surface area contributed by atoms with E-state index in [1.165, 1.54) is 25.1 Å². The molecule has 122 valence electrons. The van der Waals surface area contributed by atoms with Crippen LogP contribution in [0.5, 0.6) is 5.75 Å². The number of amides is 2. The van der Waals surface area contributed by atoms with Gasteiger partial charge in [0.25, 0.3) is 0 Å². The fourth-order valence-electron chi connectivity index (χ4n) is 2.27. The minimum atomic E-state index is -1.39. The third-order valence-electron chi connectivity index (χ3n) is 3.51. The maximum Gasteiger partial charge on any atom is 0.547 e. The number of carboxylic acid groups (broad SMARTS) is 1. The molecule has 0 radical (unpaired) electrons. The van der Waals surface area contributed by atoms with Crippen molar-refractivity contribution in [1.29, 1.82) is 0 Å². The second-order valence-corrected chi connectivity index (χ2v) is 5.45. The van der Waals surface area contributed by atoms with E-state index >= 15 is 0 Å². The molecule has 1 heterocycles. The third-order valence-corrected chi connectivity index (χ3v) is 3.51. The Labute approximate surface area is 133 Å². The Hall–Kier alpha value is -2.55. The quantitative estimate of drug-likeness (QED) is 0.499. The molecule has 1 aromatic rings. The van der Waals surface area contributed by atoms with Crippen molar-refractivity contribution in [2.45, 2.75) is 18.8 Å². The maximum absolute atomic E-state index is 11.8. The number of nitrogens with one attached hydrogen (secondary N) is 1. The summed E-state index contributed by atoms with van der Waals surface area (Å²) in [5, 5.41) is 21.6. The molecule has 0 bridgehead atoms. The van der Waals surface area contributed by atoms with Gasteiger partial charge in [-0.2, -0.15) is 0 Å². The number of hydrogen-bond donors (Lipinski definition) is 3. The van der Waals surface area contributed by atoms with Crippen LogP contribution in [0.15, 0.2) is 18.2 Å². The van der Waals surface area contributed by atoms with Crippen LogP contribution in [-0.4, -0.2) is 60.0 Å². The first-order valence-electron chi connectivity index (χ1n) is 6.99. The second kappa shape index (κ2) is 6.70.